The van der Waals surface area contributed by atoms with Crippen molar-refractivity contribution in [2.45, 2.75) is 10.9 Å². The number of para-hydroxylation sites is 1. The predicted molar refractivity (Wildman–Crippen MR) is 101 cm³/mol. The maximum absolute atomic E-state index is 12.6. The van der Waals surface area contributed by atoms with Gasteiger partial charge in [-0.15, -0.1) is 0 Å². The number of methoxy groups -OCH3 is 1. The fourth-order valence-corrected chi connectivity index (χ4v) is 3.18. The highest BCUT2D eigenvalue weighted by Gasteiger charge is 2.37. The van der Waals surface area contributed by atoms with E-state index in [0.717, 1.165) is 11.1 Å². The number of hydrogen-bond donors (Lipinski definition) is 0. The van der Waals surface area contributed by atoms with Crippen LogP contribution in [0.2, 0.25) is 0 Å². The van der Waals surface area contributed by atoms with Crippen LogP contribution in [0.3, 0.4) is 0 Å². The van der Waals surface area contributed by atoms with Gasteiger partial charge in [-0.25, -0.2) is 8.42 Å². The Morgan fingerprint density at radius 2 is 1.96 bits per heavy atom. The summed E-state index contributed by atoms with van der Waals surface area (Å²) in [7, 11) is 2.71. The van der Waals surface area contributed by atoms with Gasteiger partial charge in [0.05, 0.1) is 17.7 Å². The highest BCUT2D eigenvalue weighted by Crippen LogP contribution is 2.32. The molecule has 9 nitrogen and oxygen atoms in total. The van der Waals surface area contributed by atoms with Crippen LogP contribution < -0.4 is 9.75 Å². The van der Waals surface area contributed by atoms with Crippen LogP contribution in [0.25, 0.3) is 0 Å². The van der Waals surface area contributed by atoms with Gasteiger partial charge in [-0.1, -0.05) is 18.2 Å². The number of ether oxygens (including phenoxy) is 1. The van der Waals surface area contributed by atoms with Gasteiger partial charge in [0.25, 0.3) is 15.0 Å². The Kier molecular flexibility index (Phi) is 5.39. The lowest BCUT2D eigenvalue weighted by molar-refractivity contribution is -0.117. The minimum atomic E-state index is -3.99. The zero-order chi connectivity index (χ0) is 20.3. The summed E-state index contributed by atoms with van der Waals surface area (Å²) in [5.41, 5.74) is 0.371. The molecule has 1 heterocycles. The monoisotopic (exact) mass is 417 g/mol. The molecule has 0 bridgehead atoms. The zero-order valence-electron chi connectivity index (χ0n) is 14.4. The van der Waals surface area contributed by atoms with Crippen molar-refractivity contribution in [2.24, 2.45) is 15.3 Å². The van der Waals surface area contributed by atoms with Crippen LogP contribution in [0, 0.1) is 11.3 Å². The number of nitriles is 1. The Bertz CT molecular complexity index is 1130. The molecule has 0 spiro atoms. The van der Waals surface area contributed by atoms with E-state index in [9.17, 15) is 18.5 Å². The van der Waals surface area contributed by atoms with Gasteiger partial charge < -0.3 is 4.74 Å². The number of hydrogen-bond acceptors (Lipinski definition) is 8. The van der Waals surface area contributed by atoms with E-state index in [4.69, 9.17) is 15.4 Å². The number of carbonyl (C=O) groups excluding carboxylic acids is 1. The third-order valence-electron chi connectivity index (χ3n) is 3.74. The smallest absolute Gasteiger partial charge is 0.281 e. The third kappa shape index (κ3) is 3.85. The molecular weight excluding hydrogens is 406 g/mol. The van der Waals surface area contributed by atoms with E-state index in [2.05, 4.69) is 15.3 Å². The van der Waals surface area contributed by atoms with Crippen LogP contribution in [0.1, 0.15) is 0 Å². The molecule has 1 unspecified atom stereocenters. The average Bonchev–Trinajstić information content (AvgIpc) is 3.01. The van der Waals surface area contributed by atoms with Crippen molar-refractivity contribution in [1.82, 2.24) is 0 Å². The number of benzene rings is 2. The van der Waals surface area contributed by atoms with Gasteiger partial charge in [-0.05, 0) is 30.3 Å². The molecule has 0 radical (unpaired) electrons. The van der Waals surface area contributed by atoms with E-state index < -0.39 is 21.0 Å². The maximum atomic E-state index is 12.6. The second-order valence-electron chi connectivity index (χ2n) is 5.47. The van der Waals surface area contributed by atoms with Crippen LogP contribution in [0.15, 0.2) is 68.8 Å². The summed E-state index contributed by atoms with van der Waals surface area (Å²) < 4.78 is 28.2. The fraction of sp³-hybridized carbons (Fsp3) is 0.118. The van der Waals surface area contributed by atoms with Gasteiger partial charge in [-0.3, -0.25) is 4.79 Å². The number of hydrazone groups is 1. The average molecular weight is 418 g/mol. The molecule has 1 aliphatic heterocycles. The molecule has 1 atom stereocenters. The Balaban J connectivity index is 1.95. The van der Waals surface area contributed by atoms with Crippen LogP contribution in [-0.2, 0) is 13.8 Å². The van der Waals surface area contributed by atoms with Gasteiger partial charge in [-0.2, -0.15) is 25.6 Å². The standard InChI is InChI=1S/C17H12ClN5O4S/c1-27-15-8-7-12(28(18,25)26)9-13(15)20-21-16-14(10-19)22-23(17(16)24)11-5-3-2-4-6-11/h2-9,16H,1H3. The van der Waals surface area contributed by atoms with Gasteiger partial charge in [0.1, 0.15) is 17.5 Å². The number of halogens is 1. The van der Waals surface area contributed by atoms with E-state index in [-0.39, 0.29) is 22.0 Å². The molecule has 0 aliphatic carbocycles. The van der Waals surface area contributed by atoms with Crippen molar-refractivity contribution in [3.8, 4) is 11.8 Å². The lowest BCUT2D eigenvalue weighted by Gasteiger charge is -2.11. The zero-order valence-corrected chi connectivity index (χ0v) is 15.9. The number of anilines is 1. The van der Waals surface area contributed by atoms with E-state index in [1.165, 1.54) is 19.2 Å². The summed E-state index contributed by atoms with van der Waals surface area (Å²) in [4.78, 5) is 12.4. The normalized spacial score (nSPS) is 16.9. The second kappa shape index (κ2) is 7.75. The molecule has 0 N–H and O–H groups in total. The third-order valence-corrected chi connectivity index (χ3v) is 5.09. The molecular formula is C17H12ClN5O4S. The van der Waals surface area contributed by atoms with E-state index in [0.29, 0.717) is 5.69 Å². The van der Waals surface area contributed by atoms with Crippen molar-refractivity contribution in [3.63, 3.8) is 0 Å². The van der Waals surface area contributed by atoms with Crippen molar-refractivity contribution in [3.05, 3.63) is 48.5 Å². The molecule has 0 saturated heterocycles. The lowest BCUT2D eigenvalue weighted by Crippen LogP contribution is -2.30. The van der Waals surface area contributed by atoms with Crippen LogP contribution in [0.5, 0.6) is 5.75 Å². The predicted octanol–water partition coefficient (Wildman–Crippen LogP) is 3.00. The molecule has 28 heavy (non-hydrogen) atoms. The van der Waals surface area contributed by atoms with Crippen molar-refractivity contribution in [2.75, 3.05) is 12.1 Å². The van der Waals surface area contributed by atoms with Crippen molar-refractivity contribution >= 4 is 42.7 Å². The topological polar surface area (TPSA) is 125 Å². The number of amides is 1. The summed E-state index contributed by atoms with van der Waals surface area (Å²) in [6.07, 6.45) is 0. The molecule has 1 aliphatic rings. The maximum Gasteiger partial charge on any atom is 0.281 e. The Morgan fingerprint density at radius 3 is 2.57 bits per heavy atom. The first-order chi connectivity index (χ1) is 13.3. The van der Waals surface area contributed by atoms with Gasteiger partial charge in [0.15, 0.2) is 5.71 Å². The summed E-state index contributed by atoms with van der Waals surface area (Å²) >= 11 is 0. The Hall–Kier alpha value is -3.29. The lowest BCUT2D eigenvalue weighted by atomic mass is 10.2. The largest absolute Gasteiger partial charge is 0.494 e. The fourth-order valence-electron chi connectivity index (χ4n) is 2.41. The summed E-state index contributed by atoms with van der Waals surface area (Å²) in [6, 6.07) is 12.9. The van der Waals surface area contributed by atoms with Gasteiger partial charge in [0, 0.05) is 10.7 Å². The highest BCUT2D eigenvalue weighted by molar-refractivity contribution is 8.13. The molecule has 1 amide bonds. The minimum absolute atomic E-state index is 0.0347. The molecule has 3 rings (SSSR count). The Morgan fingerprint density at radius 1 is 1.25 bits per heavy atom. The van der Waals surface area contributed by atoms with Gasteiger partial charge >= 0.3 is 0 Å². The first-order valence-electron chi connectivity index (χ1n) is 7.76. The quantitative estimate of drug-likeness (QED) is 0.546. The summed E-state index contributed by atoms with van der Waals surface area (Å²) in [5.74, 6) is -0.347. The summed E-state index contributed by atoms with van der Waals surface area (Å²) in [6.45, 7) is 0. The molecule has 2 aromatic rings. The van der Waals surface area contributed by atoms with Crippen LogP contribution in [-0.4, -0.2) is 33.2 Å². The van der Waals surface area contributed by atoms with Gasteiger partial charge in [0.2, 0.25) is 6.04 Å². The number of rotatable bonds is 5. The number of carbonyl (C=O) groups is 1. The number of azo groups is 1. The molecule has 142 valence electrons. The molecule has 0 fully saturated rings. The number of nitrogens with zero attached hydrogens (tertiary/aromatic N) is 5. The van der Waals surface area contributed by atoms with E-state index >= 15 is 0 Å². The van der Waals surface area contributed by atoms with Crippen molar-refractivity contribution in [1.29, 1.82) is 5.26 Å². The van der Waals surface area contributed by atoms with E-state index in [1.54, 1.807) is 30.3 Å². The first kappa shape index (κ1) is 19.5. The van der Waals surface area contributed by atoms with Crippen LogP contribution in [0.4, 0.5) is 11.4 Å². The first-order valence-corrected chi connectivity index (χ1v) is 10.1. The van der Waals surface area contributed by atoms with Crippen molar-refractivity contribution < 1.29 is 17.9 Å². The highest BCUT2D eigenvalue weighted by atomic mass is 35.7. The molecule has 0 saturated carbocycles. The molecule has 0 aromatic heterocycles. The second-order valence-corrected chi connectivity index (χ2v) is 8.04. The van der Waals surface area contributed by atoms with Crippen LogP contribution >= 0.6 is 10.7 Å². The SMILES string of the molecule is COc1ccc(S(=O)(=O)Cl)cc1N=NC1C(=O)N(c2ccccc2)N=C1C#N. The molecule has 2 aromatic carbocycles. The minimum Gasteiger partial charge on any atom is -0.494 e. The molecule has 11 heteroatoms. The Labute approximate surface area is 164 Å². The summed E-state index contributed by atoms with van der Waals surface area (Å²) in [5, 5.41) is 22.1. The van der Waals surface area contributed by atoms with E-state index in [1.807, 2.05) is 6.07 Å².